The summed E-state index contributed by atoms with van der Waals surface area (Å²) in [6, 6.07) is 32.8. The first-order chi connectivity index (χ1) is 23.7. The van der Waals surface area contributed by atoms with Crippen molar-refractivity contribution in [3.63, 3.8) is 0 Å². The summed E-state index contributed by atoms with van der Waals surface area (Å²) in [4.78, 5) is 29.8. The van der Waals surface area contributed by atoms with Crippen LogP contribution in [0.5, 0.6) is 0 Å². The summed E-state index contributed by atoms with van der Waals surface area (Å²) in [5.74, 6) is 0. The fourth-order valence-electron chi connectivity index (χ4n) is 5.87. The van der Waals surface area contributed by atoms with E-state index >= 15 is 0 Å². The molecule has 51 heavy (non-hydrogen) atoms. The Morgan fingerprint density at radius 3 is 1.00 bits per heavy atom. The molecule has 0 N–H and O–H groups in total. The van der Waals surface area contributed by atoms with E-state index in [-0.39, 0.29) is 44.3 Å². The van der Waals surface area contributed by atoms with Gasteiger partial charge < -0.3 is 24.8 Å². The van der Waals surface area contributed by atoms with Gasteiger partial charge in [0.25, 0.3) is 0 Å². The van der Waals surface area contributed by atoms with Crippen LogP contribution in [0, 0.1) is 0 Å². The zero-order chi connectivity index (χ0) is 33.2. The number of hydrogen-bond donors (Lipinski definition) is 0. The third-order valence-electron chi connectivity index (χ3n) is 8.36. The van der Waals surface area contributed by atoms with Crippen LogP contribution in [0.15, 0.2) is 147 Å². The van der Waals surface area contributed by atoms with E-state index in [0.717, 1.165) is 22.8 Å². The molecule has 0 saturated carbocycles. The van der Waals surface area contributed by atoms with Crippen LogP contribution in [-0.2, 0) is 19.5 Å². The maximum atomic E-state index is 4.19. The van der Waals surface area contributed by atoms with Gasteiger partial charge in [-0.15, -0.1) is 0 Å². The number of likely N-dealkylation sites (tertiary alicyclic amines) is 2. The van der Waals surface area contributed by atoms with E-state index in [9.17, 15) is 0 Å². The van der Waals surface area contributed by atoms with Gasteiger partial charge in [0.1, 0.15) is 0 Å². The maximum Gasteiger partial charge on any atom is 0.0886 e. The Kier molecular flexibility index (Phi) is 20.5. The molecule has 2 atom stereocenters. The van der Waals surface area contributed by atoms with Gasteiger partial charge in [-0.05, 0) is 125 Å². The molecule has 2 aliphatic rings. The fourth-order valence-corrected chi connectivity index (χ4v) is 5.87. The van der Waals surface area contributed by atoms with Gasteiger partial charge in [0.15, 0.2) is 0 Å². The van der Waals surface area contributed by atoms with Gasteiger partial charge in [0, 0.05) is 81.1 Å². The summed E-state index contributed by atoms with van der Waals surface area (Å²) in [5, 5.41) is 0. The van der Waals surface area contributed by atoms with Gasteiger partial charge in [0.05, 0.1) is 22.8 Å². The molecule has 0 bridgehead atoms. The van der Waals surface area contributed by atoms with Crippen LogP contribution >= 0.6 is 0 Å². The Hall–Kier alpha value is -3.98. The second-order valence-corrected chi connectivity index (χ2v) is 11.7. The first-order valence-electron chi connectivity index (χ1n) is 16.5. The Bertz CT molecular complexity index is 1510. The Morgan fingerprint density at radius 2 is 0.784 bits per heavy atom. The first-order valence-corrected chi connectivity index (χ1v) is 16.5. The van der Waals surface area contributed by atoms with Crippen LogP contribution in [0.3, 0.4) is 0 Å². The van der Waals surface area contributed by atoms with Crippen molar-refractivity contribution >= 4 is 0 Å². The van der Waals surface area contributed by atoms with Gasteiger partial charge in [-0.1, -0.05) is 36.4 Å². The van der Waals surface area contributed by atoms with E-state index in [0.29, 0.717) is 12.1 Å². The van der Waals surface area contributed by atoms with Crippen LogP contribution < -0.4 is 24.8 Å². The number of hydrogen-bond acceptors (Lipinski definition) is 8. The molecular formula is C40H44Cl2N8Ru-2. The summed E-state index contributed by atoms with van der Waals surface area (Å²) < 4.78 is 0. The van der Waals surface area contributed by atoms with Crippen LogP contribution in [0.4, 0.5) is 0 Å². The molecule has 0 unspecified atom stereocenters. The van der Waals surface area contributed by atoms with Crippen LogP contribution in [0.1, 0.15) is 48.9 Å². The van der Waals surface area contributed by atoms with Crippen LogP contribution in [0.25, 0.3) is 22.8 Å². The van der Waals surface area contributed by atoms with Crippen molar-refractivity contribution in [2.24, 2.45) is 0 Å². The van der Waals surface area contributed by atoms with Gasteiger partial charge in [-0.2, -0.15) is 0 Å². The van der Waals surface area contributed by atoms with Gasteiger partial charge in [-0.25, -0.2) is 0 Å². The Morgan fingerprint density at radius 1 is 0.451 bits per heavy atom. The van der Waals surface area contributed by atoms with E-state index in [1.54, 1.807) is 24.8 Å². The summed E-state index contributed by atoms with van der Waals surface area (Å²) in [7, 11) is 4.37. The minimum absolute atomic E-state index is 0. The molecule has 0 radical (unpaired) electrons. The third kappa shape index (κ3) is 13.9. The zero-order valence-corrected chi connectivity index (χ0v) is 32.2. The van der Waals surface area contributed by atoms with E-state index in [1.807, 2.05) is 110 Å². The molecule has 6 aromatic rings. The van der Waals surface area contributed by atoms with Crippen LogP contribution in [-0.4, -0.2) is 66.9 Å². The molecule has 0 spiro atoms. The second-order valence-electron chi connectivity index (χ2n) is 11.7. The number of rotatable bonds is 4. The molecule has 0 amide bonds. The van der Waals surface area contributed by atoms with Gasteiger partial charge >= 0.3 is 0 Å². The minimum Gasteiger partial charge on any atom is -1.00 e. The molecule has 8 nitrogen and oxygen atoms in total. The fraction of sp³-hybridized carbons (Fsp3) is 0.250. The molecule has 11 heteroatoms. The molecule has 2 saturated heterocycles. The summed E-state index contributed by atoms with van der Waals surface area (Å²) in [5.41, 5.74) is 6.38. The molecule has 2 fully saturated rings. The summed E-state index contributed by atoms with van der Waals surface area (Å²) in [6.07, 6.45) is 19.9. The van der Waals surface area contributed by atoms with Crippen molar-refractivity contribution < 1.29 is 44.3 Å². The average molecular weight is 809 g/mol. The second kappa shape index (κ2) is 24.3. The monoisotopic (exact) mass is 808 g/mol. The predicted molar refractivity (Wildman–Crippen MR) is 193 cm³/mol. The minimum atomic E-state index is 0. The summed E-state index contributed by atoms with van der Waals surface area (Å²) >= 11 is 0. The number of halogens is 2. The first kappa shape index (κ1) is 43.2. The normalized spacial score (nSPS) is 16.1. The standard InChI is InChI=1S/2C10H14N2.2C10H8N2.2ClH.Ru/c2*1-12-7-3-5-10(12)9-4-2-6-11-8-9;2*1-3-7-11-9(5-1)10-6-2-4-8-12-10;;;/h2*2,4,6,8,10H,3,5,7H2,1H3;2*1-8H;2*1H;/p-2/t2*10-;;;;;/m00...../s1. The smallest absolute Gasteiger partial charge is 0.0886 e. The van der Waals surface area contributed by atoms with Crippen molar-refractivity contribution in [2.45, 2.75) is 37.8 Å². The Balaban J connectivity index is 0.000000231. The number of pyridine rings is 6. The maximum absolute atomic E-state index is 4.19. The topological polar surface area (TPSA) is 83.8 Å². The van der Waals surface area contributed by atoms with E-state index in [1.165, 1.54) is 49.9 Å². The van der Waals surface area contributed by atoms with Gasteiger partial charge in [0.2, 0.25) is 0 Å². The molecule has 8 rings (SSSR count). The quantitative estimate of drug-likeness (QED) is 0.251. The van der Waals surface area contributed by atoms with Crippen molar-refractivity contribution in [2.75, 3.05) is 27.2 Å². The number of aromatic nitrogens is 6. The predicted octanol–water partition coefficient (Wildman–Crippen LogP) is 1.99. The van der Waals surface area contributed by atoms with Crippen molar-refractivity contribution in [1.29, 1.82) is 0 Å². The Labute approximate surface area is 327 Å². The molecule has 0 aliphatic carbocycles. The molecular weight excluding hydrogens is 764 g/mol. The van der Waals surface area contributed by atoms with E-state index in [2.05, 4.69) is 65.9 Å². The third-order valence-corrected chi connectivity index (χ3v) is 8.36. The van der Waals surface area contributed by atoms with Gasteiger partial charge in [-0.3, -0.25) is 39.7 Å². The molecule has 8 heterocycles. The number of nitrogens with zero attached hydrogens (tertiary/aromatic N) is 8. The van der Waals surface area contributed by atoms with E-state index < -0.39 is 0 Å². The molecule has 2 aliphatic heterocycles. The van der Waals surface area contributed by atoms with Crippen molar-refractivity contribution in [1.82, 2.24) is 39.7 Å². The van der Waals surface area contributed by atoms with Crippen LogP contribution in [0.2, 0.25) is 0 Å². The molecule has 268 valence electrons. The SMILES string of the molecule is CN1CCC[C@H]1c1cccnc1.CN1CCC[C@H]1c1cccnc1.[Cl-].[Cl-].[Ru].c1ccc(-c2ccccn2)nc1.c1ccc(-c2ccccn2)nc1. The van der Waals surface area contributed by atoms with Crippen molar-refractivity contribution in [3.05, 3.63) is 158 Å². The largest absolute Gasteiger partial charge is 1.00 e. The van der Waals surface area contributed by atoms with E-state index in [4.69, 9.17) is 0 Å². The summed E-state index contributed by atoms with van der Waals surface area (Å²) in [6.45, 7) is 2.44. The van der Waals surface area contributed by atoms with Crippen molar-refractivity contribution in [3.8, 4) is 22.8 Å². The molecule has 6 aromatic heterocycles. The average Bonchev–Trinajstić information content (AvgIpc) is 3.82. The molecule has 0 aromatic carbocycles. The zero-order valence-electron chi connectivity index (χ0n) is 28.9.